The van der Waals surface area contributed by atoms with Gasteiger partial charge in [-0.05, 0) is 31.1 Å². The zero-order valence-corrected chi connectivity index (χ0v) is 16.8. The highest BCUT2D eigenvalue weighted by molar-refractivity contribution is 7.17. The third kappa shape index (κ3) is 4.86. The average molecular weight is 383 g/mol. The summed E-state index contributed by atoms with van der Waals surface area (Å²) < 4.78 is 0. The smallest absolute Gasteiger partial charge is 0.363 e. The number of carbonyl (C=O) groups excluding carboxylic acids is 1. The van der Waals surface area contributed by atoms with Gasteiger partial charge in [0, 0.05) is 23.5 Å². The van der Waals surface area contributed by atoms with E-state index in [1.54, 1.807) is 11.3 Å². The van der Waals surface area contributed by atoms with Crippen LogP contribution in [0.4, 0.5) is 5.00 Å². The van der Waals surface area contributed by atoms with Crippen LogP contribution in [0.2, 0.25) is 0 Å². The Morgan fingerprint density at radius 3 is 2.41 bits per heavy atom. The number of rotatable bonds is 9. The molecular formula is C22H26N2O2S. The summed E-state index contributed by atoms with van der Waals surface area (Å²) in [5.74, 6) is -0.391. The summed E-state index contributed by atoms with van der Waals surface area (Å²) in [5.41, 5.74) is 2.01. The van der Waals surface area contributed by atoms with Crippen LogP contribution in [0.1, 0.15) is 50.0 Å². The molecule has 0 saturated heterocycles. The molecule has 0 atom stereocenters. The Bertz CT molecular complexity index is 816. The Balaban J connectivity index is 1.82. The molecule has 0 fully saturated rings. The van der Waals surface area contributed by atoms with Crippen molar-refractivity contribution >= 4 is 34.1 Å². The first kappa shape index (κ1) is 19.4. The Labute approximate surface area is 165 Å². The van der Waals surface area contributed by atoms with Gasteiger partial charge in [-0.2, -0.15) is 0 Å². The molecule has 0 saturated carbocycles. The van der Waals surface area contributed by atoms with Crippen molar-refractivity contribution in [3.63, 3.8) is 0 Å². The zero-order chi connectivity index (χ0) is 19.1. The molecule has 5 heteroatoms. The van der Waals surface area contributed by atoms with E-state index in [0.29, 0.717) is 11.3 Å². The molecule has 27 heavy (non-hydrogen) atoms. The Kier molecular flexibility index (Phi) is 6.82. The van der Waals surface area contributed by atoms with Crippen molar-refractivity contribution in [3.05, 3.63) is 58.5 Å². The van der Waals surface area contributed by atoms with Gasteiger partial charge >= 0.3 is 5.97 Å². The monoisotopic (exact) mass is 382 g/mol. The van der Waals surface area contributed by atoms with E-state index in [-0.39, 0.29) is 0 Å². The van der Waals surface area contributed by atoms with Crippen LogP contribution in [-0.2, 0) is 9.63 Å². The number of hydrogen-bond donors (Lipinski definition) is 0. The van der Waals surface area contributed by atoms with Crippen molar-refractivity contribution in [1.82, 2.24) is 0 Å². The van der Waals surface area contributed by atoms with Gasteiger partial charge in [0.2, 0.25) is 0 Å². The lowest BCUT2D eigenvalue weighted by Crippen LogP contribution is -2.24. The SMILES string of the molecule is CCCCN(CCCC)c1ccc(/C=C2/C(=O)ON=C2c2ccccc2)s1. The summed E-state index contributed by atoms with van der Waals surface area (Å²) in [6.45, 7) is 6.59. The molecule has 2 aromatic rings. The average Bonchev–Trinajstić information content (AvgIpc) is 3.30. The third-order valence-corrected chi connectivity index (χ3v) is 5.61. The standard InChI is InChI=1S/C22H26N2O2S/c1-3-5-14-24(15-6-4-2)20-13-12-18(27-20)16-19-21(23-26-22(19)25)17-10-8-7-9-11-17/h7-13,16H,3-6,14-15H2,1-2H3/b19-16+. The lowest BCUT2D eigenvalue weighted by Gasteiger charge is -2.22. The second-order valence-corrected chi connectivity index (χ2v) is 7.71. The molecule has 1 aliphatic rings. The van der Waals surface area contributed by atoms with Crippen LogP contribution in [0.3, 0.4) is 0 Å². The number of oxime groups is 1. The zero-order valence-electron chi connectivity index (χ0n) is 16.0. The van der Waals surface area contributed by atoms with Gasteiger partial charge in [0.25, 0.3) is 0 Å². The Morgan fingerprint density at radius 2 is 1.74 bits per heavy atom. The van der Waals surface area contributed by atoms with Gasteiger partial charge in [0.05, 0.1) is 10.6 Å². The Morgan fingerprint density at radius 1 is 1.04 bits per heavy atom. The molecule has 0 N–H and O–H groups in total. The summed E-state index contributed by atoms with van der Waals surface area (Å²) in [6, 6.07) is 13.9. The number of hydrogen-bond acceptors (Lipinski definition) is 5. The predicted molar refractivity (Wildman–Crippen MR) is 113 cm³/mol. The third-order valence-electron chi connectivity index (χ3n) is 4.52. The maximum Gasteiger partial charge on any atom is 0.368 e. The molecule has 0 amide bonds. The summed E-state index contributed by atoms with van der Waals surface area (Å²) >= 11 is 1.71. The van der Waals surface area contributed by atoms with Gasteiger partial charge in [0.15, 0.2) is 0 Å². The number of carbonyl (C=O) groups is 1. The van der Waals surface area contributed by atoms with E-state index in [0.717, 1.165) is 23.5 Å². The van der Waals surface area contributed by atoms with Crippen LogP contribution < -0.4 is 4.90 Å². The van der Waals surface area contributed by atoms with Crippen LogP contribution in [0.5, 0.6) is 0 Å². The molecule has 4 nitrogen and oxygen atoms in total. The first-order valence-corrected chi connectivity index (χ1v) is 10.5. The van der Waals surface area contributed by atoms with E-state index < -0.39 is 5.97 Å². The number of unbranched alkanes of at least 4 members (excludes halogenated alkanes) is 2. The van der Waals surface area contributed by atoms with Crippen LogP contribution in [0, 0.1) is 0 Å². The fraction of sp³-hybridized carbons (Fsp3) is 0.364. The molecule has 0 aliphatic carbocycles. The minimum absolute atomic E-state index is 0.391. The van der Waals surface area contributed by atoms with Crippen molar-refractivity contribution in [2.45, 2.75) is 39.5 Å². The molecule has 0 spiro atoms. The topological polar surface area (TPSA) is 41.9 Å². The highest BCUT2D eigenvalue weighted by Gasteiger charge is 2.26. The van der Waals surface area contributed by atoms with Crippen molar-refractivity contribution in [2.75, 3.05) is 18.0 Å². The quantitative estimate of drug-likeness (QED) is 0.425. The van der Waals surface area contributed by atoms with Gasteiger partial charge in [-0.25, -0.2) is 4.79 Å². The van der Waals surface area contributed by atoms with E-state index in [9.17, 15) is 4.79 Å². The maximum atomic E-state index is 12.2. The van der Waals surface area contributed by atoms with Gasteiger partial charge in [-0.15, -0.1) is 11.3 Å². The fourth-order valence-electron chi connectivity index (χ4n) is 2.98. The lowest BCUT2D eigenvalue weighted by atomic mass is 10.0. The second kappa shape index (κ2) is 9.51. The summed E-state index contributed by atoms with van der Waals surface area (Å²) in [6.07, 6.45) is 6.65. The molecule has 0 unspecified atom stereocenters. The number of benzene rings is 1. The van der Waals surface area contributed by atoms with E-state index >= 15 is 0 Å². The largest absolute Gasteiger partial charge is 0.368 e. The van der Waals surface area contributed by atoms with Crippen molar-refractivity contribution in [1.29, 1.82) is 0 Å². The van der Waals surface area contributed by atoms with Crippen LogP contribution >= 0.6 is 11.3 Å². The first-order chi connectivity index (χ1) is 13.2. The highest BCUT2D eigenvalue weighted by atomic mass is 32.1. The molecule has 2 heterocycles. The summed E-state index contributed by atoms with van der Waals surface area (Å²) in [5, 5.41) is 5.24. The van der Waals surface area contributed by atoms with Crippen molar-refractivity contribution < 1.29 is 9.63 Å². The lowest BCUT2D eigenvalue weighted by molar-refractivity contribution is -0.136. The minimum Gasteiger partial charge on any atom is -0.363 e. The van der Waals surface area contributed by atoms with Crippen molar-refractivity contribution in [3.8, 4) is 0 Å². The number of anilines is 1. The molecule has 1 aromatic carbocycles. The van der Waals surface area contributed by atoms with E-state index in [1.807, 2.05) is 36.4 Å². The number of thiophene rings is 1. The van der Waals surface area contributed by atoms with E-state index in [4.69, 9.17) is 4.84 Å². The van der Waals surface area contributed by atoms with E-state index in [2.05, 4.69) is 36.0 Å². The summed E-state index contributed by atoms with van der Waals surface area (Å²) in [4.78, 5) is 20.6. The fourth-order valence-corrected chi connectivity index (χ4v) is 3.98. The maximum absolute atomic E-state index is 12.2. The van der Waals surface area contributed by atoms with Gasteiger partial charge in [-0.1, -0.05) is 62.2 Å². The van der Waals surface area contributed by atoms with Crippen molar-refractivity contribution in [2.24, 2.45) is 5.16 Å². The first-order valence-electron chi connectivity index (χ1n) is 9.64. The molecule has 3 rings (SSSR count). The van der Waals surface area contributed by atoms with Gasteiger partial charge < -0.3 is 9.74 Å². The predicted octanol–water partition coefficient (Wildman–Crippen LogP) is 5.50. The van der Waals surface area contributed by atoms with Gasteiger partial charge in [0.1, 0.15) is 5.71 Å². The van der Waals surface area contributed by atoms with Crippen LogP contribution in [0.15, 0.2) is 53.2 Å². The van der Waals surface area contributed by atoms with Crippen LogP contribution in [0.25, 0.3) is 6.08 Å². The minimum atomic E-state index is -0.391. The molecule has 1 aromatic heterocycles. The number of nitrogens with zero attached hydrogens (tertiary/aromatic N) is 2. The molecule has 142 valence electrons. The summed E-state index contributed by atoms with van der Waals surface area (Å²) in [7, 11) is 0. The highest BCUT2D eigenvalue weighted by Crippen LogP contribution is 2.30. The normalized spacial score (nSPS) is 15.1. The molecular weight excluding hydrogens is 356 g/mol. The van der Waals surface area contributed by atoms with Gasteiger partial charge in [-0.3, -0.25) is 0 Å². The Hall–Kier alpha value is -2.40. The molecule has 1 aliphatic heterocycles. The van der Waals surface area contributed by atoms with E-state index in [1.165, 1.54) is 30.7 Å². The van der Waals surface area contributed by atoms with Crippen LogP contribution in [-0.4, -0.2) is 24.8 Å². The molecule has 0 radical (unpaired) electrons. The second-order valence-electron chi connectivity index (χ2n) is 6.61. The molecule has 0 bridgehead atoms.